The SMILES string of the molecule is CC(=O)Nc1ccccc1[As](=O)(O)OO.Cc1scnc1S(=O)(=O)O.Cl. The van der Waals surface area contributed by atoms with Crippen molar-refractivity contribution in [2.24, 2.45) is 0 Å². The Kier molecular flexibility index (Phi) is 9.70. The number of carbonyl (C=O) groups excluding carboxylic acids is 1. The van der Waals surface area contributed by atoms with Crippen LogP contribution in [0.5, 0.6) is 0 Å². The molecule has 1 unspecified atom stereocenters. The topological polar surface area (TPSA) is 163 Å². The fourth-order valence-electron chi connectivity index (χ4n) is 1.60. The van der Waals surface area contributed by atoms with Gasteiger partial charge in [-0.15, -0.1) is 23.7 Å². The number of rotatable bonds is 4. The van der Waals surface area contributed by atoms with Crippen molar-refractivity contribution in [2.75, 3.05) is 5.32 Å². The molecule has 1 aromatic heterocycles. The Bertz CT molecular complexity index is 902. The zero-order valence-corrected chi connectivity index (χ0v) is 17.7. The van der Waals surface area contributed by atoms with Crippen LogP contribution in [0, 0.1) is 6.92 Å². The van der Waals surface area contributed by atoms with Crippen LogP contribution in [0.15, 0.2) is 34.8 Å². The third-order valence-electron chi connectivity index (χ3n) is 2.57. The second-order valence-corrected chi connectivity index (χ2v) is 10.4. The van der Waals surface area contributed by atoms with E-state index < -0.39 is 24.3 Å². The number of thiazole rings is 1. The average molecular weight is 491 g/mol. The molecule has 0 spiro atoms. The summed E-state index contributed by atoms with van der Waals surface area (Å²) in [5, 5.41) is 10.4. The van der Waals surface area contributed by atoms with E-state index in [0.717, 1.165) is 0 Å². The third-order valence-corrected chi connectivity index (χ3v) is 6.92. The summed E-state index contributed by atoms with van der Waals surface area (Å²) >= 11 is -3.74. The number of nitrogens with one attached hydrogen (secondary N) is 1. The minimum absolute atomic E-state index is 0. The van der Waals surface area contributed by atoms with E-state index in [-0.39, 0.29) is 33.4 Å². The summed E-state index contributed by atoms with van der Waals surface area (Å²) in [5.41, 5.74) is 1.53. The van der Waals surface area contributed by atoms with E-state index in [9.17, 15) is 21.0 Å². The Morgan fingerprint density at radius 1 is 1.35 bits per heavy atom. The van der Waals surface area contributed by atoms with Crippen LogP contribution in [0.25, 0.3) is 0 Å². The Hall–Kier alpha value is -1.24. The molecule has 4 N–H and O–H groups in total. The zero-order valence-electron chi connectivity index (χ0n) is 13.4. The fourth-order valence-corrected chi connectivity index (χ4v) is 4.82. The standard InChI is InChI=1S/C8H10AsNO5.C4H5NO3S2.ClH/c1-6(11)10-8-5-3-2-4-7(8)9(12,13)15-14;1-3-4(5-2-9-3)10(6,7)8;/h2-5,14H,1H3,(H,10,11)(H,12,13);2H,1H3,(H,6,7,8);1H. The van der Waals surface area contributed by atoms with Crippen LogP contribution in [0.3, 0.4) is 0 Å². The van der Waals surface area contributed by atoms with Gasteiger partial charge in [0.1, 0.15) is 0 Å². The first-order chi connectivity index (χ1) is 11.5. The molecule has 0 aliphatic heterocycles. The molecular formula is C12H16AsClN2O8S2. The molecular weight excluding hydrogens is 475 g/mol. The number of hydrogen-bond acceptors (Lipinski definition) is 8. The van der Waals surface area contributed by atoms with E-state index in [0.29, 0.717) is 4.88 Å². The van der Waals surface area contributed by atoms with Crippen LogP contribution < -0.4 is 9.67 Å². The van der Waals surface area contributed by atoms with Crippen molar-refractivity contribution in [3.63, 3.8) is 0 Å². The molecule has 10 nitrogen and oxygen atoms in total. The molecule has 1 heterocycles. The van der Waals surface area contributed by atoms with E-state index in [1.165, 1.54) is 42.0 Å². The van der Waals surface area contributed by atoms with Crippen LogP contribution >= 0.6 is 23.7 Å². The van der Waals surface area contributed by atoms with Crippen LogP contribution in [0.1, 0.15) is 11.8 Å². The minimum Gasteiger partial charge on any atom is -0.281 e. The Balaban J connectivity index is 0.000000497. The maximum Gasteiger partial charge on any atom is 0.313 e. The molecule has 2 aromatic rings. The predicted octanol–water partition coefficient (Wildman–Crippen LogP) is 0.823. The number of carbonyl (C=O) groups is 1. The number of benzene rings is 1. The molecule has 0 aliphatic carbocycles. The average Bonchev–Trinajstić information content (AvgIpc) is 2.94. The van der Waals surface area contributed by atoms with Crippen LogP contribution in [-0.4, -0.2) is 47.4 Å². The van der Waals surface area contributed by atoms with Crippen molar-refractivity contribution in [3.05, 3.63) is 34.7 Å². The molecule has 0 aliphatic rings. The molecule has 0 saturated heterocycles. The second kappa shape index (κ2) is 10.2. The van der Waals surface area contributed by atoms with E-state index in [1.807, 2.05) is 0 Å². The molecule has 1 amide bonds. The Morgan fingerprint density at radius 3 is 2.31 bits per heavy atom. The Labute approximate surface area is 162 Å². The predicted molar refractivity (Wildman–Crippen MR) is 96.7 cm³/mol. The molecule has 0 radical (unpaired) electrons. The van der Waals surface area contributed by atoms with Gasteiger partial charge in [0.2, 0.25) is 0 Å². The quantitative estimate of drug-likeness (QED) is 0.210. The minimum atomic E-state index is -4.92. The van der Waals surface area contributed by atoms with E-state index >= 15 is 0 Å². The van der Waals surface area contributed by atoms with Gasteiger partial charge in [-0.25, -0.2) is 4.98 Å². The molecule has 26 heavy (non-hydrogen) atoms. The number of para-hydroxylation sites is 1. The van der Waals surface area contributed by atoms with E-state index in [4.69, 9.17) is 9.81 Å². The Morgan fingerprint density at radius 2 is 1.92 bits per heavy atom. The summed E-state index contributed by atoms with van der Waals surface area (Å²) in [6, 6.07) is 5.84. The second-order valence-electron chi connectivity index (χ2n) is 4.49. The van der Waals surface area contributed by atoms with Crippen LogP contribution in [0.4, 0.5) is 5.69 Å². The number of aromatic nitrogens is 1. The molecule has 0 fully saturated rings. The maximum absolute atomic E-state index is 11.4. The van der Waals surface area contributed by atoms with Crippen molar-refractivity contribution < 1.29 is 34.7 Å². The van der Waals surface area contributed by atoms with Gasteiger partial charge in [-0.05, 0) is 6.92 Å². The number of hydrogen-bond donors (Lipinski definition) is 4. The number of amides is 1. The number of halogens is 1. The van der Waals surface area contributed by atoms with Gasteiger partial charge in [0, 0.05) is 4.88 Å². The van der Waals surface area contributed by atoms with Crippen molar-refractivity contribution in [2.45, 2.75) is 18.9 Å². The van der Waals surface area contributed by atoms with E-state index in [1.54, 1.807) is 13.0 Å². The molecule has 14 heteroatoms. The van der Waals surface area contributed by atoms with Gasteiger partial charge in [-0.1, -0.05) is 0 Å². The molecule has 1 atom stereocenters. The summed E-state index contributed by atoms with van der Waals surface area (Å²) in [7, 11) is -4.09. The summed E-state index contributed by atoms with van der Waals surface area (Å²) in [6.45, 7) is 2.85. The maximum atomic E-state index is 11.4. The van der Waals surface area contributed by atoms with Crippen molar-refractivity contribution in [3.8, 4) is 0 Å². The first-order valence-corrected chi connectivity index (χ1v) is 12.0. The van der Waals surface area contributed by atoms with Gasteiger partial charge in [0.25, 0.3) is 0 Å². The van der Waals surface area contributed by atoms with Crippen LogP contribution in [0.2, 0.25) is 0 Å². The van der Waals surface area contributed by atoms with Gasteiger partial charge in [0.15, 0.2) is 5.03 Å². The van der Waals surface area contributed by atoms with Gasteiger partial charge in [0.05, 0.1) is 5.51 Å². The van der Waals surface area contributed by atoms with Crippen LogP contribution in [-0.2, 0) is 22.5 Å². The summed E-state index contributed by atoms with van der Waals surface area (Å²) in [6.07, 6.45) is 0. The van der Waals surface area contributed by atoms with Crippen molar-refractivity contribution in [1.82, 2.24) is 4.98 Å². The van der Waals surface area contributed by atoms with Gasteiger partial charge in [-0.3, -0.25) is 4.55 Å². The van der Waals surface area contributed by atoms with Gasteiger partial charge in [-0.2, -0.15) is 8.42 Å². The molecule has 2 rings (SSSR count). The number of nitrogens with zero attached hydrogens (tertiary/aromatic N) is 1. The molecule has 0 bridgehead atoms. The fraction of sp³-hybridized carbons (Fsp3) is 0.167. The van der Waals surface area contributed by atoms with Crippen molar-refractivity contribution >= 4 is 64.0 Å². The smallest absolute Gasteiger partial charge is 0.281 e. The first-order valence-electron chi connectivity index (χ1n) is 6.39. The number of anilines is 1. The summed E-state index contributed by atoms with van der Waals surface area (Å²) < 4.78 is 53.4. The zero-order chi connectivity index (χ0) is 19.3. The first kappa shape index (κ1) is 24.8. The van der Waals surface area contributed by atoms with Crippen molar-refractivity contribution in [1.29, 1.82) is 0 Å². The molecule has 1 aromatic carbocycles. The number of aryl methyl sites for hydroxylation is 1. The van der Waals surface area contributed by atoms with Gasteiger partial charge >= 0.3 is 98.5 Å². The monoisotopic (exact) mass is 490 g/mol. The largest absolute Gasteiger partial charge is 0.313 e. The molecule has 0 saturated carbocycles. The molecule has 146 valence electrons. The summed E-state index contributed by atoms with van der Waals surface area (Å²) in [5.74, 6) is -0.379. The third kappa shape index (κ3) is 7.17. The van der Waals surface area contributed by atoms with Gasteiger partial charge < -0.3 is 0 Å². The summed E-state index contributed by atoms with van der Waals surface area (Å²) in [4.78, 5) is 14.8. The normalized spacial score (nSPS) is 12.8. The van der Waals surface area contributed by atoms with E-state index in [2.05, 4.69) is 14.2 Å².